The Morgan fingerprint density at radius 1 is 1.43 bits per heavy atom. The fourth-order valence-electron chi connectivity index (χ4n) is 2.58. The van der Waals surface area contributed by atoms with Gasteiger partial charge in [0.2, 0.25) is 11.2 Å². The molecule has 2 aromatic rings. The average Bonchev–Trinajstić information content (AvgIpc) is 2.76. The van der Waals surface area contributed by atoms with Crippen molar-refractivity contribution in [2.24, 2.45) is 7.05 Å². The molecule has 0 N–H and O–H groups in total. The van der Waals surface area contributed by atoms with Crippen LogP contribution in [0.4, 0.5) is 0 Å². The molecule has 1 aromatic carbocycles. The van der Waals surface area contributed by atoms with Gasteiger partial charge in [-0.05, 0) is 23.2 Å². The standard InChI is InChI=1S/C15H15BrClN3O/c1-19-13-9-20(7-6-12(13)18-15(19)17)14(21)8-10-4-2-3-5-11(10)16/h2-5H,6-9H2,1H3. The Bertz CT molecular complexity index is 698. The Kier molecular flexibility index (Phi) is 4.04. The number of aromatic nitrogens is 2. The zero-order valence-electron chi connectivity index (χ0n) is 11.6. The molecule has 0 spiro atoms. The third-order valence-electron chi connectivity index (χ3n) is 3.85. The fourth-order valence-corrected chi connectivity index (χ4v) is 3.21. The summed E-state index contributed by atoms with van der Waals surface area (Å²) in [6.45, 7) is 1.28. The van der Waals surface area contributed by atoms with E-state index in [0.29, 0.717) is 24.8 Å². The highest BCUT2D eigenvalue weighted by Crippen LogP contribution is 2.23. The quantitative estimate of drug-likeness (QED) is 0.817. The Morgan fingerprint density at radius 2 is 2.19 bits per heavy atom. The number of imidazole rings is 1. The Labute approximate surface area is 136 Å². The molecular weight excluding hydrogens is 354 g/mol. The van der Waals surface area contributed by atoms with Crippen LogP contribution in [0.5, 0.6) is 0 Å². The minimum atomic E-state index is 0.130. The molecule has 1 aliphatic heterocycles. The van der Waals surface area contributed by atoms with Gasteiger partial charge >= 0.3 is 0 Å². The molecule has 4 nitrogen and oxygen atoms in total. The van der Waals surface area contributed by atoms with Crippen LogP contribution in [0.1, 0.15) is 17.0 Å². The molecular formula is C15H15BrClN3O. The van der Waals surface area contributed by atoms with Crippen molar-refractivity contribution < 1.29 is 4.79 Å². The summed E-state index contributed by atoms with van der Waals surface area (Å²) in [6.07, 6.45) is 1.17. The number of carbonyl (C=O) groups is 1. The molecule has 0 fully saturated rings. The summed E-state index contributed by atoms with van der Waals surface area (Å²) in [4.78, 5) is 18.7. The molecule has 3 rings (SSSR count). The molecule has 0 aliphatic carbocycles. The van der Waals surface area contributed by atoms with Crippen LogP contribution in [-0.2, 0) is 31.2 Å². The molecule has 1 aromatic heterocycles. The first-order chi connectivity index (χ1) is 10.1. The van der Waals surface area contributed by atoms with Crippen LogP contribution in [0.2, 0.25) is 5.28 Å². The van der Waals surface area contributed by atoms with E-state index in [0.717, 1.165) is 27.8 Å². The highest BCUT2D eigenvalue weighted by Gasteiger charge is 2.25. The maximum Gasteiger partial charge on any atom is 0.227 e. The van der Waals surface area contributed by atoms with Crippen LogP contribution in [0.15, 0.2) is 28.7 Å². The van der Waals surface area contributed by atoms with E-state index in [9.17, 15) is 4.79 Å². The molecule has 21 heavy (non-hydrogen) atoms. The van der Waals surface area contributed by atoms with Gasteiger partial charge in [-0.1, -0.05) is 34.1 Å². The van der Waals surface area contributed by atoms with Crippen LogP contribution in [-0.4, -0.2) is 26.9 Å². The molecule has 0 atom stereocenters. The summed E-state index contributed by atoms with van der Waals surface area (Å²) >= 11 is 9.53. The highest BCUT2D eigenvalue weighted by molar-refractivity contribution is 9.10. The largest absolute Gasteiger partial charge is 0.336 e. The predicted octanol–water partition coefficient (Wildman–Crippen LogP) is 2.96. The van der Waals surface area contributed by atoms with Crippen LogP contribution >= 0.6 is 27.5 Å². The van der Waals surface area contributed by atoms with E-state index in [1.807, 2.05) is 40.8 Å². The number of fused-ring (bicyclic) bond motifs is 1. The SMILES string of the molecule is Cn1c(Cl)nc2c1CN(C(=O)Cc1ccccc1Br)CC2. The van der Waals surface area contributed by atoms with Gasteiger partial charge in [-0.25, -0.2) is 4.98 Å². The Hall–Kier alpha value is -1.33. The number of hydrogen-bond donors (Lipinski definition) is 0. The van der Waals surface area contributed by atoms with Crippen molar-refractivity contribution in [1.29, 1.82) is 0 Å². The van der Waals surface area contributed by atoms with Crippen LogP contribution in [0.25, 0.3) is 0 Å². The van der Waals surface area contributed by atoms with Gasteiger partial charge < -0.3 is 9.47 Å². The van der Waals surface area contributed by atoms with E-state index in [4.69, 9.17) is 11.6 Å². The van der Waals surface area contributed by atoms with Gasteiger partial charge in [0, 0.05) is 24.5 Å². The normalized spacial score (nSPS) is 14.1. The second-order valence-electron chi connectivity index (χ2n) is 5.17. The van der Waals surface area contributed by atoms with E-state index in [2.05, 4.69) is 20.9 Å². The molecule has 1 amide bonds. The number of rotatable bonds is 2. The van der Waals surface area contributed by atoms with Crippen LogP contribution in [0.3, 0.4) is 0 Å². The lowest BCUT2D eigenvalue weighted by molar-refractivity contribution is -0.131. The van der Waals surface area contributed by atoms with E-state index < -0.39 is 0 Å². The maximum atomic E-state index is 12.5. The molecule has 2 heterocycles. The molecule has 0 saturated carbocycles. The molecule has 0 saturated heterocycles. The second-order valence-corrected chi connectivity index (χ2v) is 6.36. The fraction of sp³-hybridized carbons (Fsp3) is 0.333. The van der Waals surface area contributed by atoms with Crippen molar-refractivity contribution in [2.45, 2.75) is 19.4 Å². The highest BCUT2D eigenvalue weighted by atomic mass is 79.9. The monoisotopic (exact) mass is 367 g/mol. The summed E-state index contributed by atoms with van der Waals surface area (Å²) < 4.78 is 2.83. The molecule has 6 heteroatoms. The number of carbonyl (C=O) groups excluding carboxylic acids is 1. The number of hydrogen-bond acceptors (Lipinski definition) is 2. The average molecular weight is 369 g/mol. The lowest BCUT2D eigenvalue weighted by atomic mass is 10.1. The van der Waals surface area contributed by atoms with Crippen LogP contribution in [0, 0.1) is 0 Å². The predicted molar refractivity (Wildman–Crippen MR) is 85.2 cm³/mol. The third kappa shape index (κ3) is 2.85. The first kappa shape index (κ1) is 14.6. The van der Waals surface area contributed by atoms with Gasteiger partial charge in [-0.3, -0.25) is 4.79 Å². The van der Waals surface area contributed by atoms with Gasteiger partial charge in [-0.2, -0.15) is 0 Å². The van der Waals surface area contributed by atoms with Crippen molar-refractivity contribution in [2.75, 3.05) is 6.54 Å². The van der Waals surface area contributed by atoms with Gasteiger partial charge in [0.25, 0.3) is 0 Å². The lowest BCUT2D eigenvalue weighted by Crippen LogP contribution is -2.37. The molecule has 0 unspecified atom stereocenters. The number of nitrogens with zero attached hydrogens (tertiary/aromatic N) is 3. The summed E-state index contributed by atoms with van der Waals surface area (Å²) in [7, 11) is 1.88. The van der Waals surface area contributed by atoms with Crippen molar-refractivity contribution in [3.63, 3.8) is 0 Å². The summed E-state index contributed by atoms with van der Waals surface area (Å²) in [5, 5.41) is 0.486. The molecule has 0 bridgehead atoms. The van der Waals surface area contributed by atoms with Gasteiger partial charge in [0.05, 0.1) is 24.4 Å². The van der Waals surface area contributed by atoms with Gasteiger partial charge in [-0.15, -0.1) is 0 Å². The van der Waals surface area contributed by atoms with Crippen molar-refractivity contribution in [3.05, 3.63) is 51.0 Å². The van der Waals surface area contributed by atoms with E-state index >= 15 is 0 Å². The number of halogens is 2. The van der Waals surface area contributed by atoms with Crippen molar-refractivity contribution >= 4 is 33.4 Å². The Balaban J connectivity index is 1.75. The number of benzene rings is 1. The summed E-state index contributed by atoms with van der Waals surface area (Å²) in [5.74, 6) is 0.130. The summed E-state index contributed by atoms with van der Waals surface area (Å²) in [6, 6.07) is 7.82. The zero-order valence-corrected chi connectivity index (χ0v) is 14.0. The molecule has 0 radical (unpaired) electrons. The first-order valence-corrected chi connectivity index (χ1v) is 7.94. The number of amides is 1. The topological polar surface area (TPSA) is 38.1 Å². The van der Waals surface area contributed by atoms with Crippen molar-refractivity contribution in [3.8, 4) is 0 Å². The minimum Gasteiger partial charge on any atom is -0.336 e. The minimum absolute atomic E-state index is 0.130. The molecule has 1 aliphatic rings. The first-order valence-electron chi connectivity index (χ1n) is 6.77. The Morgan fingerprint density at radius 3 is 2.95 bits per heavy atom. The van der Waals surface area contributed by atoms with E-state index in [-0.39, 0.29) is 5.91 Å². The van der Waals surface area contributed by atoms with E-state index in [1.54, 1.807) is 0 Å². The van der Waals surface area contributed by atoms with Crippen molar-refractivity contribution in [1.82, 2.24) is 14.5 Å². The zero-order chi connectivity index (χ0) is 15.0. The lowest BCUT2D eigenvalue weighted by Gasteiger charge is -2.27. The third-order valence-corrected chi connectivity index (χ3v) is 4.97. The molecule has 110 valence electrons. The van der Waals surface area contributed by atoms with E-state index in [1.165, 1.54) is 0 Å². The smallest absolute Gasteiger partial charge is 0.227 e. The van der Waals surface area contributed by atoms with Crippen LogP contribution < -0.4 is 0 Å². The van der Waals surface area contributed by atoms with Gasteiger partial charge in [0.15, 0.2) is 0 Å². The maximum absolute atomic E-state index is 12.5. The second kappa shape index (κ2) is 5.81. The summed E-state index contributed by atoms with van der Waals surface area (Å²) in [5.41, 5.74) is 3.05. The van der Waals surface area contributed by atoms with Gasteiger partial charge in [0.1, 0.15) is 0 Å².